The van der Waals surface area contributed by atoms with Gasteiger partial charge in [-0.1, -0.05) is 17.7 Å². The Balaban J connectivity index is 3.90. The van der Waals surface area contributed by atoms with Crippen molar-refractivity contribution in [1.29, 1.82) is 0 Å². The van der Waals surface area contributed by atoms with Crippen LogP contribution in [-0.4, -0.2) is 12.8 Å². The molecule has 0 bridgehead atoms. The van der Waals surface area contributed by atoms with Gasteiger partial charge in [0, 0.05) is 12.8 Å². The molecule has 0 radical (unpaired) electrons. The Bertz CT molecular complexity index is 169. The second-order valence-electron chi connectivity index (χ2n) is 2.47. The fraction of sp³-hybridized carbons (Fsp3) is 0.444. The van der Waals surface area contributed by atoms with Gasteiger partial charge >= 0.3 is 0 Å². The first-order valence-electron chi connectivity index (χ1n) is 3.41. The van der Waals surface area contributed by atoms with Crippen molar-refractivity contribution in [2.24, 2.45) is 4.99 Å². The molecule has 0 fully saturated rings. The van der Waals surface area contributed by atoms with Gasteiger partial charge in [0.15, 0.2) is 0 Å². The number of hydrogen-bond acceptors (Lipinski definition) is 1. The molecule has 0 N–H and O–H groups in total. The molecule has 0 saturated carbocycles. The normalized spacial score (nSPS) is 12.2. The highest BCUT2D eigenvalue weighted by molar-refractivity contribution is 5.92. The molecule has 0 aliphatic heterocycles. The molecule has 0 unspecified atom stereocenters. The first-order chi connectivity index (χ1) is 4.66. The molecule has 0 atom stereocenters. The SMILES string of the molecule is C/N=C(C)/C=C\C=C(C)C. The van der Waals surface area contributed by atoms with Crippen LogP contribution in [0.5, 0.6) is 0 Å². The summed E-state index contributed by atoms with van der Waals surface area (Å²) in [4.78, 5) is 3.99. The Kier molecular flexibility index (Phi) is 4.55. The standard InChI is InChI=1S/C9H15N/c1-8(2)6-5-7-9(3)10-4/h5-7H,1-4H3/b7-5-,10-9+. The topological polar surface area (TPSA) is 12.4 Å². The summed E-state index contributed by atoms with van der Waals surface area (Å²) >= 11 is 0. The molecule has 56 valence electrons. The summed E-state index contributed by atoms with van der Waals surface area (Å²) in [7, 11) is 1.79. The van der Waals surface area contributed by atoms with E-state index in [4.69, 9.17) is 0 Å². The summed E-state index contributed by atoms with van der Waals surface area (Å²) < 4.78 is 0. The third-order valence-electron chi connectivity index (χ3n) is 1.12. The quantitative estimate of drug-likeness (QED) is 0.410. The molecule has 0 aliphatic carbocycles. The molecule has 0 aromatic rings. The zero-order valence-corrected chi connectivity index (χ0v) is 7.18. The smallest absolute Gasteiger partial charge is 0.0313 e. The highest BCUT2D eigenvalue weighted by atomic mass is 14.7. The molecule has 0 aromatic heterocycles. The Morgan fingerprint density at radius 3 is 2.20 bits per heavy atom. The van der Waals surface area contributed by atoms with Crippen molar-refractivity contribution < 1.29 is 0 Å². The number of hydrogen-bond donors (Lipinski definition) is 0. The minimum absolute atomic E-state index is 1.05. The van der Waals surface area contributed by atoms with Gasteiger partial charge in [0.2, 0.25) is 0 Å². The van der Waals surface area contributed by atoms with Crippen molar-refractivity contribution in [3.63, 3.8) is 0 Å². The Morgan fingerprint density at radius 2 is 1.80 bits per heavy atom. The van der Waals surface area contributed by atoms with Crippen LogP contribution in [-0.2, 0) is 0 Å². The predicted octanol–water partition coefficient (Wildman–Crippen LogP) is 2.60. The van der Waals surface area contributed by atoms with Crippen LogP contribution in [0, 0.1) is 0 Å². The second-order valence-corrected chi connectivity index (χ2v) is 2.47. The minimum Gasteiger partial charge on any atom is -0.293 e. The van der Waals surface area contributed by atoms with E-state index in [1.165, 1.54) is 5.57 Å². The molecule has 0 aliphatic rings. The summed E-state index contributed by atoms with van der Waals surface area (Å²) in [5, 5.41) is 0. The number of nitrogens with zero attached hydrogens (tertiary/aromatic N) is 1. The first kappa shape index (κ1) is 9.15. The summed E-state index contributed by atoms with van der Waals surface area (Å²) in [6, 6.07) is 0. The van der Waals surface area contributed by atoms with Crippen molar-refractivity contribution in [3.05, 3.63) is 23.8 Å². The zero-order valence-electron chi connectivity index (χ0n) is 7.18. The highest BCUT2D eigenvalue weighted by Gasteiger charge is 1.75. The molecule has 0 spiro atoms. The molecule has 0 saturated heterocycles. The van der Waals surface area contributed by atoms with E-state index in [1.807, 2.05) is 19.1 Å². The van der Waals surface area contributed by atoms with Gasteiger partial charge in [-0.15, -0.1) is 0 Å². The summed E-state index contributed by atoms with van der Waals surface area (Å²) in [6.07, 6.45) is 6.07. The van der Waals surface area contributed by atoms with Gasteiger partial charge in [-0.2, -0.15) is 0 Å². The van der Waals surface area contributed by atoms with Crippen LogP contribution in [0.4, 0.5) is 0 Å². The van der Waals surface area contributed by atoms with Crippen LogP contribution in [0.3, 0.4) is 0 Å². The number of allylic oxidation sites excluding steroid dienone is 4. The van der Waals surface area contributed by atoms with E-state index in [1.54, 1.807) is 7.05 Å². The Hall–Kier alpha value is -0.850. The molecule has 0 amide bonds. The van der Waals surface area contributed by atoms with Crippen molar-refractivity contribution in [2.75, 3.05) is 7.05 Å². The highest BCUT2D eigenvalue weighted by Crippen LogP contribution is 1.89. The van der Waals surface area contributed by atoms with Crippen LogP contribution in [0.1, 0.15) is 20.8 Å². The monoisotopic (exact) mass is 137 g/mol. The van der Waals surface area contributed by atoms with E-state index in [2.05, 4.69) is 24.9 Å². The number of rotatable bonds is 2. The van der Waals surface area contributed by atoms with Crippen LogP contribution in [0.2, 0.25) is 0 Å². The van der Waals surface area contributed by atoms with Crippen LogP contribution in [0.15, 0.2) is 28.8 Å². The second kappa shape index (κ2) is 4.98. The molecule has 0 heterocycles. The average molecular weight is 137 g/mol. The van der Waals surface area contributed by atoms with Gasteiger partial charge in [-0.05, 0) is 26.8 Å². The third kappa shape index (κ3) is 5.29. The lowest BCUT2D eigenvalue weighted by Gasteiger charge is -1.85. The lowest BCUT2D eigenvalue weighted by molar-refractivity contribution is 1.39. The van der Waals surface area contributed by atoms with E-state index in [9.17, 15) is 0 Å². The van der Waals surface area contributed by atoms with Gasteiger partial charge in [0.05, 0.1) is 0 Å². The van der Waals surface area contributed by atoms with Gasteiger partial charge in [0.25, 0.3) is 0 Å². The Morgan fingerprint density at radius 1 is 1.20 bits per heavy atom. The van der Waals surface area contributed by atoms with Crippen molar-refractivity contribution in [3.8, 4) is 0 Å². The molecule has 0 rings (SSSR count). The van der Waals surface area contributed by atoms with Crippen LogP contribution >= 0.6 is 0 Å². The summed E-state index contributed by atoms with van der Waals surface area (Å²) in [5.74, 6) is 0. The fourth-order valence-corrected chi connectivity index (χ4v) is 0.454. The van der Waals surface area contributed by atoms with E-state index >= 15 is 0 Å². The van der Waals surface area contributed by atoms with Crippen LogP contribution in [0.25, 0.3) is 0 Å². The third-order valence-corrected chi connectivity index (χ3v) is 1.12. The first-order valence-corrected chi connectivity index (χ1v) is 3.41. The fourth-order valence-electron chi connectivity index (χ4n) is 0.454. The molecular formula is C9H15N. The number of aliphatic imine (C=N–C) groups is 1. The summed E-state index contributed by atoms with van der Waals surface area (Å²) in [6.45, 7) is 6.13. The van der Waals surface area contributed by atoms with E-state index in [-0.39, 0.29) is 0 Å². The van der Waals surface area contributed by atoms with E-state index < -0.39 is 0 Å². The lowest BCUT2D eigenvalue weighted by Crippen LogP contribution is -1.80. The van der Waals surface area contributed by atoms with Gasteiger partial charge in [-0.25, -0.2) is 0 Å². The minimum atomic E-state index is 1.05. The van der Waals surface area contributed by atoms with Gasteiger partial charge < -0.3 is 0 Å². The van der Waals surface area contributed by atoms with Crippen LogP contribution < -0.4 is 0 Å². The predicted molar refractivity (Wildman–Crippen MR) is 47.6 cm³/mol. The Labute approximate surface area is 63.2 Å². The zero-order chi connectivity index (χ0) is 7.98. The van der Waals surface area contributed by atoms with E-state index in [0.717, 1.165) is 5.71 Å². The largest absolute Gasteiger partial charge is 0.293 e. The molecule has 1 heteroatoms. The maximum Gasteiger partial charge on any atom is 0.0313 e. The molecule has 1 nitrogen and oxygen atoms in total. The van der Waals surface area contributed by atoms with Crippen molar-refractivity contribution >= 4 is 5.71 Å². The maximum absolute atomic E-state index is 3.99. The summed E-state index contributed by atoms with van der Waals surface area (Å²) in [5.41, 5.74) is 2.36. The lowest BCUT2D eigenvalue weighted by atomic mass is 10.3. The van der Waals surface area contributed by atoms with Gasteiger partial charge in [-0.3, -0.25) is 4.99 Å². The van der Waals surface area contributed by atoms with Gasteiger partial charge in [0.1, 0.15) is 0 Å². The molecular weight excluding hydrogens is 122 g/mol. The van der Waals surface area contributed by atoms with Crippen molar-refractivity contribution in [2.45, 2.75) is 20.8 Å². The van der Waals surface area contributed by atoms with Crippen molar-refractivity contribution in [1.82, 2.24) is 0 Å². The molecule has 10 heavy (non-hydrogen) atoms. The maximum atomic E-state index is 3.99. The van der Waals surface area contributed by atoms with E-state index in [0.29, 0.717) is 0 Å². The molecule has 0 aromatic carbocycles. The average Bonchev–Trinajstić information content (AvgIpc) is 1.87.